The summed E-state index contributed by atoms with van der Waals surface area (Å²) in [6.07, 6.45) is -9.93. The summed E-state index contributed by atoms with van der Waals surface area (Å²) in [7, 11) is 0. The minimum Gasteiger partial charge on any atom is -0.268 e. The first kappa shape index (κ1) is 30.7. The summed E-state index contributed by atoms with van der Waals surface area (Å²) < 4.78 is 80.8. The van der Waals surface area contributed by atoms with Crippen LogP contribution in [-0.4, -0.2) is 21.7 Å². The zero-order valence-electron chi connectivity index (χ0n) is 22.3. The summed E-state index contributed by atoms with van der Waals surface area (Å²) in [6.45, 7) is 0. The number of carbonyl (C=O) groups is 2. The van der Waals surface area contributed by atoms with Crippen LogP contribution < -0.4 is 9.80 Å². The van der Waals surface area contributed by atoms with E-state index >= 15 is 0 Å². The van der Waals surface area contributed by atoms with Crippen LogP contribution in [0.25, 0.3) is 11.4 Å². The van der Waals surface area contributed by atoms with Crippen LogP contribution in [0.5, 0.6) is 0 Å². The first-order valence-corrected chi connectivity index (χ1v) is 14.3. The first-order valence-electron chi connectivity index (χ1n) is 12.6. The zero-order chi connectivity index (χ0) is 33.3. The molecule has 0 fully saturated rings. The number of benzene rings is 2. The smallest absolute Gasteiger partial charge is 0.268 e. The van der Waals surface area contributed by atoms with Crippen molar-refractivity contribution in [2.24, 2.45) is 0 Å². The molecule has 0 N–H and O–H groups in total. The molecule has 0 radical (unpaired) electrons. The van der Waals surface area contributed by atoms with Crippen LogP contribution in [0.3, 0.4) is 0 Å². The molecule has 6 rings (SSSR count). The van der Waals surface area contributed by atoms with Crippen molar-refractivity contribution in [1.82, 2.24) is 0 Å². The molecule has 18 heteroatoms. The number of rotatable bonds is 6. The monoisotopic (exact) mass is 678 g/mol. The second-order valence-electron chi connectivity index (χ2n) is 9.60. The molecule has 4 aromatic rings. The molecule has 0 spiro atoms. The van der Waals surface area contributed by atoms with E-state index in [1.54, 1.807) is 0 Å². The molecule has 0 aliphatic carbocycles. The minimum absolute atomic E-state index is 0.176. The van der Waals surface area contributed by atoms with Gasteiger partial charge in [-0.25, -0.2) is 0 Å². The number of anilines is 2. The Kier molecular flexibility index (Phi) is 7.08. The highest BCUT2D eigenvalue weighted by atomic mass is 32.1. The molecule has 0 saturated heterocycles. The molecule has 0 bridgehead atoms. The molecule has 234 valence electrons. The maximum absolute atomic E-state index is 14.3. The van der Waals surface area contributed by atoms with E-state index in [1.807, 2.05) is 0 Å². The molecule has 0 saturated carbocycles. The molecule has 0 unspecified atom stereocenters. The molecule has 2 amide bonds. The fourth-order valence-corrected chi connectivity index (χ4v) is 6.66. The number of hydrogen-bond acceptors (Lipinski definition) is 8. The van der Waals surface area contributed by atoms with Gasteiger partial charge in [0.15, 0.2) is 0 Å². The topological polar surface area (TPSA) is 127 Å². The van der Waals surface area contributed by atoms with E-state index in [2.05, 4.69) is 0 Å². The Bertz CT molecular complexity index is 1890. The lowest BCUT2D eigenvalue weighted by Crippen LogP contribution is -2.30. The minimum atomic E-state index is -4.97. The summed E-state index contributed by atoms with van der Waals surface area (Å²) in [4.78, 5) is 52.2. The quantitative estimate of drug-likeness (QED) is 0.116. The van der Waals surface area contributed by atoms with Crippen molar-refractivity contribution in [2.45, 2.75) is 12.4 Å². The van der Waals surface area contributed by atoms with Gasteiger partial charge in [0.2, 0.25) is 0 Å². The fraction of sp³-hybridized carbons (Fsp3) is 0.0714. The molecule has 0 atom stereocenters. The number of nitro groups is 2. The molecule has 10 nitrogen and oxygen atoms in total. The highest BCUT2D eigenvalue weighted by Crippen LogP contribution is 2.53. The number of carbonyl (C=O) groups excluding carboxylic acids is 2. The van der Waals surface area contributed by atoms with Crippen LogP contribution in [0.4, 0.5) is 49.1 Å². The summed E-state index contributed by atoms with van der Waals surface area (Å²) in [5.41, 5.74) is -7.43. The zero-order valence-corrected chi connectivity index (χ0v) is 23.9. The van der Waals surface area contributed by atoms with Gasteiger partial charge in [-0.2, -0.15) is 26.3 Å². The highest BCUT2D eigenvalue weighted by molar-refractivity contribution is 7.11. The Morgan fingerprint density at radius 2 is 0.978 bits per heavy atom. The number of amides is 2. The number of halogens is 6. The number of nitrogens with zero attached hydrogens (tertiary/aromatic N) is 4. The Morgan fingerprint density at radius 3 is 1.26 bits per heavy atom. The van der Waals surface area contributed by atoms with Crippen molar-refractivity contribution < 1.29 is 45.8 Å². The van der Waals surface area contributed by atoms with E-state index in [9.17, 15) is 56.2 Å². The van der Waals surface area contributed by atoms with Crippen molar-refractivity contribution >= 4 is 68.6 Å². The van der Waals surface area contributed by atoms with Crippen LogP contribution in [0, 0.1) is 20.2 Å². The third-order valence-electron chi connectivity index (χ3n) is 6.99. The molecule has 46 heavy (non-hydrogen) atoms. The molecule has 2 aromatic carbocycles. The van der Waals surface area contributed by atoms with Crippen LogP contribution >= 0.6 is 22.7 Å². The lowest BCUT2D eigenvalue weighted by atomic mass is 10.1. The van der Waals surface area contributed by atoms with Crippen molar-refractivity contribution in [3.05, 3.63) is 124 Å². The van der Waals surface area contributed by atoms with Gasteiger partial charge >= 0.3 is 12.4 Å². The normalized spacial score (nSPS) is 15.3. The highest BCUT2D eigenvalue weighted by Gasteiger charge is 2.53. The van der Waals surface area contributed by atoms with Gasteiger partial charge in [-0.15, -0.1) is 22.7 Å². The van der Waals surface area contributed by atoms with Gasteiger partial charge in [0.25, 0.3) is 23.2 Å². The third kappa shape index (κ3) is 4.81. The average Bonchev–Trinajstić information content (AvgIpc) is 3.78. The van der Waals surface area contributed by atoms with Crippen molar-refractivity contribution in [1.29, 1.82) is 0 Å². The Labute approximate surface area is 260 Å². The number of fused-ring (bicyclic) bond motifs is 1. The Balaban J connectivity index is 1.65. The van der Waals surface area contributed by atoms with E-state index < -0.39 is 79.0 Å². The van der Waals surface area contributed by atoms with Gasteiger partial charge in [0, 0.05) is 12.1 Å². The molecule has 2 aliphatic heterocycles. The first-order chi connectivity index (χ1) is 21.6. The summed E-state index contributed by atoms with van der Waals surface area (Å²) in [6, 6.07) is 8.92. The average molecular weight is 679 g/mol. The van der Waals surface area contributed by atoms with Gasteiger partial charge in [0.1, 0.15) is 11.4 Å². The van der Waals surface area contributed by atoms with E-state index in [0.29, 0.717) is 12.1 Å². The fourth-order valence-electron chi connectivity index (χ4n) is 5.13. The predicted molar refractivity (Wildman–Crippen MR) is 154 cm³/mol. The second kappa shape index (κ2) is 10.6. The van der Waals surface area contributed by atoms with Crippen LogP contribution in [0.15, 0.2) is 82.6 Å². The molecule has 2 aromatic heterocycles. The van der Waals surface area contributed by atoms with Crippen molar-refractivity contribution in [3.8, 4) is 0 Å². The van der Waals surface area contributed by atoms with Crippen LogP contribution in [0.2, 0.25) is 0 Å². The Morgan fingerprint density at radius 1 is 0.609 bits per heavy atom. The van der Waals surface area contributed by atoms with Crippen molar-refractivity contribution in [3.63, 3.8) is 0 Å². The number of nitro benzene ring substituents is 2. The van der Waals surface area contributed by atoms with E-state index in [-0.39, 0.29) is 33.3 Å². The largest absolute Gasteiger partial charge is 0.416 e. The van der Waals surface area contributed by atoms with E-state index in [1.165, 1.54) is 35.0 Å². The van der Waals surface area contributed by atoms with Gasteiger partial charge in [-0.1, -0.05) is 12.1 Å². The Hall–Kier alpha value is -5.36. The van der Waals surface area contributed by atoms with Gasteiger partial charge in [0.05, 0.1) is 53.3 Å². The SMILES string of the molecule is O=C1C2=C(c3cccs3)N(c3ccc(C(F)(F)F)cc3[N+](=O)[O-])C(=O)C2=C(c2cccs2)N1c1ccc(C(F)(F)F)cc1[N+](=O)[O-]. The van der Waals surface area contributed by atoms with E-state index in [0.717, 1.165) is 44.6 Å². The molecule has 2 aliphatic rings. The molecular weight excluding hydrogens is 666 g/mol. The standard InChI is InChI=1S/C28H12F6N4O6S2/c29-27(30,31)13-5-7-15(17(11-13)37(41)42)35-23(19-3-1-9-45-19)21-22(26(35)40)24(20-4-2-10-46-20)36(25(21)39)16-8-6-14(28(32,33)34)12-18(16)38(43)44/h1-12H. The summed E-state index contributed by atoms with van der Waals surface area (Å²) in [5.74, 6) is -2.18. The number of thiophene rings is 2. The predicted octanol–water partition coefficient (Wildman–Crippen LogP) is 7.88. The third-order valence-corrected chi connectivity index (χ3v) is 8.75. The van der Waals surface area contributed by atoms with Crippen molar-refractivity contribution in [2.75, 3.05) is 9.80 Å². The van der Waals surface area contributed by atoms with Gasteiger partial charge in [-0.05, 0) is 47.2 Å². The van der Waals surface area contributed by atoms with Crippen LogP contribution in [0.1, 0.15) is 20.9 Å². The van der Waals surface area contributed by atoms with Crippen LogP contribution in [-0.2, 0) is 21.9 Å². The second-order valence-corrected chi connectivity index (χ2v) is 11.5. The molecular formula is C28H12F6N4O6S2. The van der Waals surface area contributed by atoms with Gasteiger partial charge in [-0.3, -0.25) is 39.6 Å². The number of hydrogen-bond donors (Lipinski definition) is 0. The summed E-state index contributed by atoms with van der Waals surface area (Å²) >= 11 is 1.95. The summed E-state index contributed by atoms with van der Waals surface area (Å²) in [5, 5.41) is 27.1. The molecule has 4 heterocycles. The van der Waals surface area contributed by atoms with E-state index in [4.69, 9.17) is 0 Å². The maximum atomic E-state index is 14.3. The lowest BCUT2D eigenvalue weighted by molar-refractivity contribution is -0.384. The lowest BCUT2D eigenvalue weighted by Gasteiger charge is -2.24. The maximum Gasteiger partial charge on any atom is 0.416 e. The number of alkyl halides is 6. The van der Waals surface area contributed by atoms with Gasteiger partial charge < -0.3 is 0 Å².